The molecule has 0 unspecified atom stereocenters. The Morgan fingerprint density at radius 3 is 1.17 bits per heavy atom. The van der Waals surface area contributed by atoms with Crippen molar-refractivity contribution >= 4 is 7.51 Å². The van der Waals surface area contributed by atoms with Crippen molar-refractivity contribution in [3.05, 3.63) is 48.5 Å². The van der Waals surface area contributed by atoms with Gasteiger partial charge in [-0.2, -0.15) is 0 Å². The molecule has 94 valence electrons. The van der Waals surface area contributed by atoms with Crippen LogP contribution in [0.2, 0.25) is 0 Å². The molecule has 2 aliphatic rings. The van der Waals surface area contributed by atoms with Gasteiger partial charge < -0.3 is 0 Å². The second kappa shape index (κ2) is 2.90. The number of para-hydroxylation sites is 4. The van der Waals surface area contributed by atoms with Crippen LogP contribution in [0, 0.1) is 0 Å². The zero-order chi connectivity index (χ0) is 12.2. The van der Waals surface area contributed by atoms with Crippen LogP contribution in [0.5, 0.6) is 23.0 Å². The van der Waals surface area contributed by atoms with Gasteiger partial charge in [-0.3, -0.25) is 0 Å². The molecule has 5 heteroatoms. The Morgan fingerprint density at radius 2 is 0.889 bits per heavy atom. The Kier molecular flexibility index (Phi) is 1.62. The predicted molar refractivity (Wildman–Crippen MR) is 69.6 cm³/mol. The first-order valence-corrected chi connectivity index (χ1v) is 8.42. The van der Waals surface area contributed by atoms with Crippen molar-refractivity contribution in [3.63, 3.8) is 0 Å². The molecule has 2 aromatic carbocycles. The molecule has 0 saturated heterocycles. The Balaban J connectivity index is 1.80. The third-order valence-electron chi connectivity index (χ3n) is 3.05. The molecule has 0 N–H and O–H groups in total. The van der Waals surface area contributed by atoms with E-state index >= 15 is 0 Å². The van der Waals surface area contributed by atoms with Gasteiger partial charge in [0, 0.05) is 0 Å². The van der Waals surface area contributed by atoms with Gasteiger partial charge in [0.2, 0.25) is 0 Å². The number of hydrogen-bond acceptors (Lipinski definition) is 4. The summed E-state index contributed by atoms with van der Waals surface area (Å²) in [4.78, 5) is 0. The van der Waals surface area contributed by atoms with Crippen molar-refractivity contribution in [2.45, 2.75) is 0 Å². The van der Waals surface area contributed by atoms with Crippen molar-refractivity contribution in [2.75, 3.05) is 6.66 Å². The predicted octanol–water partition coefficient (Wildman–Crippen LogP) is 3.50. The van der Waals surface area contributed by atoms with Gasteiger partial charge in [0.05, 0.1) is 0 Å². The Labute approximate surface area is 104 Å². The molecule has 2 aliphatic heterocycles. The van der Waals surface area contributed by atoms with Crippen LogP contribution in [0.3, 0.4) is 0 Å². The fourth-order valence-electron chi connectivity index (χ4n) is 2.34. The summed E-state index contributed by atoms with van der Waals surface area (Å²) < 4.78 is 23.6. The summed E-state index contributed by atoms with van der Waals surface area (Å²) >= 11 is 0. The van der Waals surface area contributed by atoms with Crippen LogP contribution in [-0.4, -0.2) is 6.66 Å². The van der Waals surface area contributed by atoms with Crippen molar-refractivity contribution in [1.29, 1.82) is 0 Å². The summed E-state index contributed by atoms with van der Waals surface area (Å²) in [5, 5.41) is 0. The maximum atomic E-state index is 5.91. The van der Waals surface area contributed by atoms with Crippen molar-refractivity contribution in [3.8, 4) is 23.0 Å². The summed E-state index contributed by atoms with van der Waals surface area (Å²) in [5.74, 6) is 2.67. The standard InChI is InChI=1S/C13H12O4P/c1-18(14-10-6-2-3-7-11(10)15-18)16-12-8-4-5-9-13(12)17-18/h2-9,18H,1H3/q-1. The van der Waals surface area contributed by atoms with Gasteiger partial charge in [-0.05, 0) is 0 Å². The van der Waals surface area contributed by atoms with Crippen LogP contribution in [-0.2, 0) is 0 Å². The van der Waals surface area contributed by atoms with E-state index in [0.717, 1.165) is 0 Å². The number of rotatable bonds is 0. The Morgan fingerprint density at radius 1 is 0.611 bits per heavy atom. The topological polar surface area (TPSA) is 36.9 Å². The zero-order valence-corrected chi connectivity index (χ0v) is 10.8. The fourth-order valence-corrected chi connectivity index (χ4v) is 5.22. The molecule has 0 radical (unpaired) electrons. The molecule has 0 aliphatic carbocycles. The molecule has 1 spiro atoms. The van der Waals surface area contributed by atoms with E-state index in [4.69, 9.17) is 18.1 Å². The number of fused-ring (bicyclic) bond motifs is 2. The van der Waals surface area contributed by atoms with E-state index in [2.05, 4.69) is 0 Å². The summed E-state index contributed by atoms with van der Waals surface area (Å²) in [6.45, 7) is 1.78. The molecule has 0 fully saturated rings. The average Bonchev–Trinajstić information content (AvgIpc) is 2.81. The summed E-state index contributed by atoms with van der Waals surface area (Å²) in [5.41, 5.74) is 0. The molecule has 2 heterocycles. The third-order valence-corrected chi connectivity index (χ3v) is 5.74. The van der Waals surface area contributed by atoms with E-state index in [1.54, 1.807) is 6.66 Å². The van der Waals surface area contributed by atoms with Crippen LogP contribution in [0.4, 0.5) is 0 Å². The third kappa shape index (κ3) is 1.24. The number of hydrogen-bond donors (Lipinski definition) is 0. The van der Waals surface area contributed by atoms with Gasteiger partial charge in [0.25, 0.3) is 0 Å². The first-order valence-electron chi connectivity index (χ1n) is 5.79. The number of benzene rings is 2. The van der Waals surface area contributed by atoms with Gasteiger partial charge in [0.1, 0.15) is 0 Å². The molecule has 0 atom stereocenters. The average molecular weight is 263 g/mol. The van der Waals surface area contributed by atoms with E-state index in [1.165, 1.54) is 0 Å². The molecule has 0 bridgehead atoms. The van der Waals surface area contributed by atoms with Gasteiger partial charge >= 0.3 is 104 Å². The zero-order valence-electron chi connectivity index (χ0n) is 9.75. The van der Waals surface area contributed by atoms with Crippen LogP contribution < -0.4 is 18.1 Å². The maximum absolute atomic E-state index is 5.91. The Bertz CT molecular complexity index is 542. The molecular weight excluding hydrogens is 251 g/mol. The molecule has 0 aromatic heterocycles. The van der Waals surface area contributed by atoms with Crippen molar-refractivity contribution in [1.82, 2.24) is 0 Å². The second-order valence-corrected chi connectivity index (χ2v) is 8.07. The molecule has 0 amide bonds. The van der Waals surface area contributed by atoms with E-state index in [-0.39, 0.29) is 0 Å². The first kappa shape index (κ1) is 10.0. The molecule has 2 aromatic rings. The minimum absolute atomic E-state index is 0.668. The fraction of sp³-hybridized carbons (Fsp3) is 0.0769. The monoisotopic (exact) mass is 263 g/mol. The molecule has 18 heavy (non-hydrogen) atoms. The van der Waals surface area contributed by atoms with E-state index in [1.807, 2.05) is 48.5 Å². The van der Waals surface area contributed by atoms with Gasteiger partial charge in [-0.25, -0.2) is 0 Å². The van der Waals surface area contributed by atoms with E-state index in [9.17, 15) is 0 Å². The van der Waals surface area contributed by atoms with Crippen LogP contribution in [0.15, 0.2) is 48.5 Å². The van der Waals surface area contributed by atoms with Crippen LogP contribution in [0.1, 0.15) is 0 Å². The normalized spacial score (nSPS) is 22.4. The van der Waals surface area contributed by atoms with E-state index < -0.39 is 7.51 Å². The van der Waals surface area contributed by atoms with Crippen LogP contribution >= 0.6 is 7.51 Å². The molecule has 4 rings (SSSR count). The summed E-state index contributed by atoms with van der Waals surface area (Å²) in [7, 11) is -3.84. The Hall–Kier alpha value is -1.93. The summed E-state index contributed by atoms with van der Waals surface area (Å²) in [6.07, 6.45) is 0. The second-order valence-electron chi connectivity index (χ2n) is 4.62. The van der Waals surface area contributed by atoms with Crippen molar-refractivity contribution < 1.29 is 18.1 Å². The van der Waals surface area contributed by atoms with Crippen molar-refractivity contribution in [2.24, 2.45) is 0 Å². The quantitative estimate of drug-likeness (QED) is 0.681. The van der Waals surface area contributed by atoms with Gasteiger partial charge in [-0.1, -0.05) is 0 Å². The summed E-state index contributed by atoms with van der Waals surface area (Å²) in [6, 6.07) is 15.0. The van der Waals surface area contributed by atoms with Gasteiger partial charge in [-0.15, -0.1) is 0 Å². The molecular formula is C13H12O4P-. The van der Waals surface area contributed by atoms with Crippen LogP contribution in [0.25, 0.3) is 0 Å². The van der Waals surface area contributed by atoms with Gasteiger partial charge in [0.15, 0.2) is 0 Å². The van der Waals surface area contributed by atoms with E-state index in [0.29, 0.717) is 23.0 Å². The molecule has 0 saturated carbocycles. The first-order chi connectivity index (χ1) is 8.64. The SMILES string of the molecule is C[PH-]12(Oc3ccccc3O1)Oc1ccccc1O2. The molecule has 4 nitrogen and oxygen atoms in total. The minimum atomic E-state index is -3.84.